The highest BCUT2D eigenvalue weighted by atomic mass is 16.6. The zero-order valence-electron chi connectivity index (χ0n) is 20.0. The number of anilines is 2. The largest absolute Gasteiger partial charge is 0.424 e. The molecule has 3 aromatic heterocycles. The van der Waals surface area contributed by atoms with Crippen molar-refractivity contribution >= 4 is 22.5 Å². The van der Waals surface area contributed by atoms with E-state index >= 15 is 0 Å². The molecule has 180 valence electrons. The highest BCUT2D eigenvalue weighted by Crippen LogP contribution is 2.42. The van der Waals surface area contributed by atoms with Crippen LogP contribution < -0.4 is 15.8 Å². The third kappa shape index (κ3) is 4.20. The zero-order valence-corrected chi connectivity index (χ0v) is 20.0. The number of benzene rings is 2. The molecule has 1 atom stereocenters. The molecule has 9 nitrogen and oxygen atoms in total. The summed E-state index contributed by atoms with van der Waals surface area (Å²) in [6.07, 6.45) is 3.50. The molecule has 1 fully saturated rings. The lowest BCUT2D eigenvalue weighted by atomic mass is 9.98. The van der Waals surface area contributed by atoms with E-state index in [0.717, 1.165) is 58.0 Å². The van der Waals surface area contributed by atoms with Crippen molar-refractivity contribution in [2.45, 2.75) is 13.0 Å². The van der Waals surface area contributed by atoms with Gasteiger partial charge in [-0.05, 0) is 48.4 Å². The number of nitrogens with two attached hydrogens (primary N) is 1. The van der Waals surface area contributed by atoms with Crippen molar-refractivity contribution in [3.8, 4) is 34.1 Å². The first-order valence-corrected chi connectivity index (χ1v) is 11.7. The Morgan fingerprint density at radius 2 is 1.78 bits per heavy atom. The summed E-state index contributed by atoms with van der Waals surface area (Å²) < 4.78 is 13.2. The SMILES string of the molecule is Cc1ccnc(Oc2ccc(-c3c(-c4ccc(NCC5CO5)cc4)n(C)c4ncnc(N)c34)cc2)n1. The van der Waals surface area contributed by atoms with Gasteiger partial charge in [0.05, 0.1) is 23.8 Å². The highest BCUT2D eigenvalue weighted by Gasteiger charge is 2.23. The summed E-state index contributed by atoms with van der Waals surface area (Å²) >= 11 is 0. The molecule has 2 aromatic carbocycles. The van der Waals surface area contributed by atoms with E-state index in [2.05, 4.69) is 54.1 Å². The Hall–Kier alpha value is -4.50. The normalized spacial score (nSPS) is 14.7. The number of aryl methyl sites for hydroxylation is 2. The van der Waals surface area contributed by atoms with Crippen LogP contribution in [0, 0.1) is 6.92 Å². The monoisotopic (exact) mass is 479 g/mol. The molecule has 0 radical (unpaired) electrons. The number of nitrogens with one attached hydrogen (secondary N) is 1. The maximum atomic E-state index is 6.37. The van der Waals surface area contributed by atoms with Crippen LogP contribution in [0.15, 0.2) is 67.1 Å². The van der Waals surface area contributed by atoms with Crippen molar-refractivity contribution in [1.82, 2.24) is 24.5 Å². The second-order valence-electron chi connectivity index (χ2n) is 8.76. The van der Waals surface area contributed by atoms with Gasteiger partial charge in [0.25, 0.3) is 0 Å². The average Bonchev–Trinajstić information content (AvgIpc) is 3.67. The fraction of sp³-hybridized carbons (Fsp3) is 0.185. The molecule has 6 rings (SSSR count). The van der Waals surface area contributed by atoms with E-state index in [1.165, 1.54) is 6.33 Å². The van der Waals surface area contributed by atoms with Crippen LogP contribution in [0.5, 0.6) is 11.8 Å². The summed E-state index contributed by atoms with van der Waals surface area (Å²) in [5.74, 6) is 1.08. The van der Waals surface area contributed by atoms with Gasteiger partial charge in [-0.3, -0.25) is 0 Å². The van der Waals surface area contributed by atoms with E-state index in [-0.39, 0.29) is 0 Å². The van der Waals surface area contributed by atoms with Crippen LogP contribution in [-0.2, 0) is 11.8 Å². The van der Waals surface area contributed by atoms with E-state index in [1.807, 2.05) is 44.3 Å². The van der Waals surface area contributed by atoms with Crippen LogP contribution >= 0.6 is 0 Å². The van der Waals surface area contributed by atoms with Crippen molar-refractivity contribution in [3.63, 3.8) is 0 Å². The van der Waals surface area contributed by atoms with E-state index in [0.29, 0.717) is 23.7 Å². The third-order valence-corrected chi connectivity index (χ3v) is 6.22. The minimum atomic E-state index is 0.313. The van der Waals surface area contributed by atoms with Crippen molar-refractivity contribution in [1.29, 1.82) is 0 Å². The predicted molar refractivity (Wildman–Crippen MR) is 139 cm³/mol. The molecule has 3 N–H and O–H groups in total. The Morgan fingerprint density at radius 3 is 2.50 bits per heavy atom. The Morgan fingerprint density at radius 1 is 1.03 bits per heavy atom. The fourth-order valence-corrected chi connectivity index (χ4v) is 4.33. The van der Waals surface area contributed by atoms with Crippen molar-refractivity contribution < 1.29 is 9.47 Å². The van der Waals surface area contributed by atoms with Gasteiger partial charge in [-0.1, -0.05) is 24.3 Å². The molecule has 1 unspecified atom stereocenters. The van der Waals surface area contributed by atoms with E-state index in [1.54, 1.807) is 6.20 Å². The summed E-state index contributed by atoms with van der Waals surface area (Å²) in [6.45, 7) is 3.54. The Bertz CT molecular complexity index is 1540. The average molecular weight is 480 g/mol. The first-order chi connectivity index (χ1) is 17.6. The van der Waals surface area contributed by atoms with Gasteiger partial charge in [0, 0.05) is 36.7 Å². The third-order valence-electron chi connectivity index (χ3n) is 6.22. The predicted octanol–water partition coefficient (Wildman–Crippen LogP) is 4.59. The van der Waals surface area contributed by atoms with Gasteiger partial charge >= 0.3 is 6.01 Å². The molecule has 0 bridgehead atoms. The Kier molecular flexibility index (Phi) is 5.46. The summed E-state index contributed by atoms with van der Waals surface area (Å²) in [5, 5.41) is 4.23. The molecule has 0 amide bonds. The number of nitrogen functional groups attached to an aromatic ring is 1. The maximum Gasteiger partial charge on any atom is 0.322 e. The molecule has 9 heteroatoms. The molecule has 36 heavy (non-hydrogen) atoms. The molecule has 0 aliphatic carbocycles. The van der Waals surface area contributed by atoms with Gasteiger partial charge < -0.3 is 25.1 Å². The standard InChI is InChI=1S/C27H25N7O2/c1-16-11-12-29-27(33-16)36-20-9-5-17(6-10-20)22-23-25(28)31-15-32-26(23)34(2)24(22)18-3-7-19(8-4-18)30-13-21-14-35-21/h3-12,15,21,30H,13-14H2,1-2H3,(H2,28,31,32). The summed E-state index contributed by atoms with van der Waals surface area (Å²) in [4.78, 5) is 17.3. The molecule has 5 aromatic rings. The summed E-state index contributed by atoms with van der Waals surface area (Å²) in [6, 6.07) is 18.3. The number of fused-ring (bicyclic) bond motifs is 1. The van der Waals surface area contributed by atoms with Gasteiger partial charge in [-0.2, -0.15) is 0 Å². The Labute approximate surface area is 208 Å². The molecule has 1 aliphatic rings. The number of aromatic nitrogens is 5. The summed E-state index contributed by atoms with van der Waals surface area (Å²) in [7, 11) is 2.00. The van der Waals surface area contributed by atoms with Crippen LogP contribution in [0.4, 0.5) is 11.5 Å². The first kappa shape index (κ1) is 22.0. The number of nitrogens with zero attached hydrogens (tertiary/aromatic N) is 5. The second-order valence-corrected chi connectivity index (χ2v) is 8.76. The number of epoxide rings is 1. The van der Waals surface area contributed by atoms with E-state index in [9.17, 15) is 0 Å². The van der Waals surface area contributed by atoms with Crippen molar-refractivity contribution in [2.24, 2.45) is 7.05 Å². The van der Waals surface area contributed by atoms with Crippen molar-refractivity contribution in [3.05, 3.63) is 72.8 Å². The fourth-order valence-electron chi connectivity index (χ4n) is 4.33. The minimum absolute atomic E-state index is 0.313. The molecule has 1 aliphatic heterocycles. The summed E-state index contributed by atoms with van der Waals surface area (Å²) in [5.41, 5.74) is 13.0. The van der Waals surface area contributed by atoms with Gasteiger partial charge in [-0.15, -0.1) is 0 Å². The zero-order chi connectivity index (χ0) is 24.6. The number of hydrogen-bond donors (Lipinski definition) is 2. The number of rotatable bonds is 7. The molecule has 0 spiro atoms. The van der Waals surface area contributed by atoms with E-state index < -0.39 is 0 Å². The molecule has 0 saturated carbocycles. The highest BCUT2D eigenvalue weighted by molar-refractivity contribution is 6.07. The van der Waals surface area contributed by atoms with Gasteiger partial charge in [-0.25, -0.2) is 19.9 Å². The minimum Gasteiger partial charge on any atom is -0.424 e. The lowest BCUT2D eigenvalue weighted by Gasteiger charge is -2.11. The van der Waals surface area contributed by atoms with Gasteiger partial charge in [0.15, 0.2) is 0 Å². The molecule has 4 heterocycles. The van der Waals surface area contributed by atoms with Gasteiger partial charge in [0.1, 0.15) is 23.5 Å². The molecular weight excluding hydrogens is 454 g/mol. The Balaban J connectivity index is 1.40. The van der Waals surface area contributed by atoms with Crippen molar-refractivity contribution in [2.75, 3.05) is 24.2 Å². The quantitative estimate of drug-likeness (QED) is 0.326. The second kappa shape index (κ2) is 8.94. The first-order valence-electron chi connectivity index (χ1n) is 11.7. The molecule has 1 saturated heterocycles. The van der Waals surface area contributed by atoms with Crippen LogP contribution in [0.3, 0.4) is 0 Å². The van der Waals surface area contributed by atoms with Crippen LogP contribution in [-0.4, -0.2) is 43.8 Å². The lowest BCUT2D eigenvalue weighted by Crippen LogP contribution is -2.07. The number of hydrogen-bond acceptors (Lipinski definition) is 8. The lowest BCUT2D eigenvalue weighted by molar-refractivity contribution is 0.417. The number of ether oxygens (including phenoxy) is 2. The van der Waals surface area contributed by atoms with Gasteiger partial charge in [0.2, 0.25) is 0 Å². The maximum absolute atomic E-state index is 6.37. The smallest absolute Gasteiger partial charge is 0.322 e. The van der Waals surface area contributed by atoms with Crippen LogP contribution in [0.1, 0.15) is 5.69 Å². The van der Waals surface area contributed by atoms with Crippen LogP contribution in [0.2, 0.25) is 0 Å². The van der Waals surface area contributed by atoms with E-state index in [4.69, 9.17) is 15.2 Å². The van der Waals surface area contributed by atoms with Crippen LogP contribution in [0.25, 0.3) is 33.4 Å². The molecular formula is C27H25N7O2. The topological polar surface area (TPSA) is 116 Å².